The van der Waals surface area contributed by atoms with Crippen molar-refractivity contribution < 1.29 is 23.5 Å². The molecule has 7 heteroatoms. The molecule has 0 unspecified atom stereocenters. The van der Waals surface area contributed by atoms with Crippen molar-refractivity contribution in [1.82, 2.24) is 10.6 Å². The van der Waals surface area contributed by atoms with E-state index in [1.807, 2.05) is 6.92 Å². The van der Waals surface area contributed by atoms with E-state index in [-0.39, 0.29) is 12.1 Å². The second-order valence-electron chi connectivity index (χ2n) is 6.64. The Morgan fingerprint density at radius 3 is 2.50 bits per heavy atom. The monoisotopic (exact) mass is 414 g/mol. The number of amides is 2. The molecule has 0 aliphatic carbocycles. The molecule has 2 aromatic rings. The maximum Gasteiger partial charge on any atom is 0.267 e. The van der Waals surface area contributed by atoms with Crippen LogP contribution in [0.15, 0.2) is 48.2 Å². The fourth-order valence-corrected chi connectivity index (χ4v) is 2.77. The third kappa shape index (κ3) is 6.92. The standard InChI is InChI=1S/C23H27FN2O4/c1-4-5-11-25-23(28)19(13-17-9-10-20(29-2)21(14-17)30-3)26-22(27)15-16-7-6-8-18(24)12-16/h6-10,12-14H,4-5,11,15H2,1-3H3,(H,25,28)(H,26,27)/b19-13+. The van der Waals surface area contributed by atoms with Gasteiger partial charge < -0.3 is 20.1 Å². The number of unbranched alkanes of at least 4 members (excludes halogenated alkanes) is 1. The number of ether oxygens (including phenoxy) is 2. The molecule has 2 amide bonds. The van der Waals surface area contributed by atoms with Crippen molar-refractivity contribution >= 4 is 17.9 Å². The fourth-order valence-electron chi connectivity index (χ4n) is 2.77. The molecule has 0 radical (unpaired) electrons. The summed E-state index contributed by atoms with van der Waals surface area (Å²) in [7, 11) is 3.05. The van der Waals surface area contributed by atoms with Gasteiger partial charge in [-0.1, -0.05) is 31.5 Å². The molecule has 0 saturated carbocycles. The molecular formula is C23H27FN2O4. The Hall–Kier alpha value is -3.35. The summed E-state index contributed by atoms with van der Waals surface area (Å²) in [6.07, 6.45) is 3.27. The van der Waals surface area contributed by atoms with E-state index in [1.165, 1.54) is 32.4 Å². The molecule has 0 saturated heterocycles. The summed E-state index contributed by atoms with van der Waals surface area (Å²) in [6.45, 7) is 2.52. The molecule has 0 atom stereocenters. The second kappa shape index (κ2) is 11.6. The van der Waals surface area contributed by atoms with E-state index in [2.05, 4.69) is 10.6 Å². The van der Waals surface area contributed by atoms with Crippen LogP contribution in [0.4, 0.5) is 4.39 Å². The van der Waals surface area contributed by atoms with Crippen LogP contribution in [0.5, 0.6) is 11.5 Å². The number of nitrogens with one attached hydrogen (secondary N) is 2. The molecule has 0 fully saturated rings. The molecule has 160 valence electrons. The van der Waals surface area contributed by atoms with Crippen molar-refractivity contribution in [1.29, 1.82) is 0 Å². The summed E-state index contributed by atoms with van der Waals surface area (Å²) in [5, 5.41) is 5.44. The minimum atomic E-state index is -0.419. The van der Waals surface area contributed by atoms with Gasteiger partial charge in [0, 0.05) is 6.54 Å². The average molecular weight is 414 g/mol. The summed E-state index contributed by atoms with van der Waals surface area (Å²) in [5.74, 6) is -0.177. The van der Waals surface area contributed by atoms with Crippen molar-refractivity contribution in [3.63, 3.8) is 0 Å². The van der Waals surface area contributed by atoms with Crippen molar-refractivity contribution in [2.45, 2.75) is 26.2 Å². The Morgan fingerprint density at radius 2 is 1.83 bits per heavy atom. The van der Waals surface area contributed by atoms with Gasteiger partial charge in [0.25, 0.3) is 5.91 Å². The minimum Gasteiger partial charge on any atom is -0.493 e. The average Bonchev–Trinajstić information content (AvgIpc) is 2.73. The van der Waals surface area contributed by atoms with Gasteiger partial charge in [0.15, 0.2) is 11.5 Å². The van der Waals surface area contributed by atoms with Crippen LogP contribution in [0.25, 0.3) is 6.08 Å². The van der Waals surface area contributed by atoms with Crippen LogP contribution in [0.3, 0.4) is 0 Å². The SMILES string of the molecule is CCCCNC(=O)/C(=C\c1ccc(OC)c(OC)c1)NC(=O)Cc1cccc(F)c1. The van der Waals surface area contributed by atoms with Crippen LogP contribution < -0.4 is 20.1 Å². The van der Waals surface area contributed by atoms with Gasteiger partial charge in [-0.3, -0.25) is 9.59 Å². The largest absolute Gasteiger partial charge is 0.493 e. The van der Waals surface area contributed by atoms with Crippen LogP contribution in [-0.4, -0.2) is 32.6 Å². The normalized spacial score (nSPS) is 11.0. The predicted octanol–water partition coefficient (Wildman–Crippen LogP) is 3.46. The minimum absolute atomic E-state index is 0.0523. The van der Waals surface area contributed by atoms with Crippen molar-refractivity contribution in [2.75, 3.05) is 20.8 Å². The van der Waals surface area contributed by atoms with Gasteiger partial charge in [-0.15, -0.1) is 0 Å². The van der Waals surface area contributed by atoms with E-state index in [0.717, 1.165) is 12.8 Å². The quantitative estimate of drug-likeness (QED) is 0.461. The van der Waals surface area contributed by atoms with Crippen LogP contribution in [-0.2, 0) is 16.0 Å². The Bertz CT molecular complexity index is 912. The Labute approximate surface area is 176 Å². The topological polar surface area (TPSA) is 76.7 Å². The number of hydrogen-bond acceptors (Lipinski definition) is 4. The third-order valence-electron chi connectivity index (χ3n) is 4.31. The zero-order valence-electron chi connectivity index (χ0n) is 17.5. The highest BCUT2D eigenvalue weighted by atomic mass is 19.1. The summed E-state index contributed by atoms with van der Waals surface area (Å²) < 4.78 is 23.9. The highest BCUT2D eigenvalue weighted by Crippen LogP contribution is 2.28. The lowest BCUT2D eigenvalue weighted by atomic mass is 10.1. The lowest BCUT2D eigenvalue weighted by Crippen LogP contribution is -2.36. The first kappa shape index (κ1) is 22.9. The summed E-state index contributed by atoms with van der Waals surface area (Å²) >= 11 is 0. The van der Waals surface area contributed by atoms with Gasteiger partial charge in [-0.05, 0) is 47.9 Å². The van der Waals surface area contributed by atoms with Gasteiger partial charge in [-0.25, -0.2) is 4.39 Å². The van der Waals surface area contributed by atoms with E-state index >= 15 is 0 Å². The van der Waals surface area contributed by atoms with Crippen molar-refractivity contribution in [2.24, 2.45) is 0 Å². The lowest BCUT2D eigenvalue weighted by Gasteiger charge is -2.12. The molecule has 6 nitrogen and oxygen atoms in total. The number of carbonyl (C=O) groups is 2. The van der Waals surface area contributed by atoms with Gasteiger partial charge in [0.05, 0.1) is 20.6 Å². The molecule has 0 aliphatic rings. The summed E-state index contributed by atoms with van der Waals surface area (Å²) in [5.41, 5.74) is 1.27. The van der Waals surface area contributed by atoms with E-state index in [0.29, 0.717) is 29.2 Å². The van der Waals surface area contributed by atoms with Gasteiger partial charge in [0.2, 0.25) is 5.91 Å². The zero-order chi connectivity index (χ0) is 21.9. The first-order valence-corrected chi connectivity index (χ1v) is 9.73. The number of benzene rings is 2. The number of methoxy groups -OCH3 is 2. The maximum absolute atomic E-state index is 13.4. The molecule has 0 spiro atoms. The molecule has 2 aromatic carbocycles. The van der Waals surface area contributed by atoms with E-state index < -0.39 is 17.6 Å². The third-order valence-corrected chi connectivity index (χ3v) is 4.31. The van der Waals surface area contributed by atoms with Crippen LogP contribution >= 0.6 is 0 Å². The van der Waals surface area contributed by atoms with Crippen LogP contribution in [0.1, 0.15) is 30.9 Å². The second-order valence-corrected chi connectivity index (χ2v) is 6.64. The molecular weight excluding hydrogens is 387 g/mol. The Balaban J connectivity index is 2.24. The number of halogens is 1. The van der Waals surface area contributed by atoms with E-state index in [4.69, 9.17) is 9.47 Å². The van der Waals surface area contributed by atoms with Crippen molar-refractivity contribution in [3.05, 3.63) is 65.1 Å². The molecule has 0 aliphatic heterocycles. The fraction of sp³-hybridized carbons (Fsp3) is 0.304. The molecule has 2 N–H and O–H groups in total. The van der Waals surface area contributed by atoms with E-state index in [1.54, 1.807) is 30.3 Å². The zero-order valence-corrected chi connectivity index (χ0v) is 17.5. The van der Waals surface area contributed by atoms with Gasteiger partial charge >= 0.3 is 0 Å². The highest BCUT2D eigenvalue weighted by molar-refractivity contribution is 6.01. The lowest BCUT2D eigenvalue weighted by molar-refractivity contribution is -0.123. The molecule has 0 bridgehead atoms. The number of hydrogen-bond donors (Lipinski definition) is 2. The first-order valence-electron chi connectivity index (χ1n) is 9.73. The van der Waals surface area contributed by atoms with Gasteiger partial charge in [0.1, 0.15) is 11.5 Å². The molecule has 30 heavy (non-hydrogen) atoms. The van der Waals surface area contributed by atoms with Crippen LogP contribution in [0.2, 0.25) is 0 Å². The number of rotatable bonds is 10. The molecule has 0 heterocycles. The smallest absolute Gasteiger partial charge is 0.267 e. The Morgan fingerprint density at radius 1 is 1.07 bits per heavy atom. The van der Waals surface area contributed by atoms with Crippen LogP contribution in [0, 0.1) is 5.82 Å². The maximum atomic E-state index is 13.4. The van der Waals surface area contributed by atoms with Crippen molar-refractivity contribution in [3.8, 4) is 11.5 Å². The molecule has 2 rings (SSSR count). The predicted molar refractivity (Wildman–Crippen MR) is 114 cm³/mol. The molecule has 0 aromatic heterocycles. The summed E-state index contributed by atoms with van der Waals surface area (Å²) in [4.78, 5) is 25.1. The van der Waals surface area contributed by atoms with E-state index in [9.17, 15) is 14.0 Å². The number of carbonyl (C=O) groups excluding carboxylic acids is 2. The summed E-state index contributed by atoms with van der Waals surface area (Å²) in [6, 6.07) is 11.0. The first-order chi connectivity index (χ1) is 14.5. The van der Waals surface area contributed by atoms with Gasteiger partial charge in [-0.2, -0.15) is 0 Å². The Kier molecular flexibility index (Phi) is 8.87. The highest BCUT2D eigenvalue weighted by Gasteiger charge is 2.14.